The van der Waals surface area contributed by atoms with Crippen molar-refractivity contribution in [3.63, 3.8) is 0 Å². The maximum absolute atomic E-state index is 11.7. The minimum absolute atomic E-state index is 0.0837. The first kappa shape index (κ1) is 16.1. The molecule has 0 aliphatic rings. The van der Waals surface area contributed by atoms with Gasteiger partial charge in [0.25, 0.3) is 5.91 Å². The number of carboxylic acids is 1. The van der Waals surface area contributed by atoms with E-state index >= 15 is 0 Å². The SMILES string of the molecule is O=C(O)CCCCCCCCNC(=O)c1cccnc1. The second-order valence-corrected chi connectivity index (χ2v) is 4.76. The molecule has 1 heterocycles. The highest BCUT2D eigenvalue weighted by molar-refractivity contribution is 5.93. The molecule has 0 aromatic carbocycles. The van der Waals surface area contributed by atoms with Gasteiger partial charge >= 0.3 is 5.97 Å². The lowest BCUT2D eigenvalue weighted by Gasteiger charge is -2.04. The molecule has 1 aromatic heterocycles. The molecule has 0 bridgehead atoms. The number of carboxylic acid groups (broad SMARTS) is 1. The van der Waals surface area contributed by atoms with Crippen LogP contribution in [0.25, 0.3) is 0 Å². The zero-order valence-electron chi connectivity index (χ0n) is 11.7. The maximum atomic E-state index is 11.7. The Labute approximate surface area is 119 Å². The molecule has 5 nitrogen and oxygen atoms in total. The first-order valence-electron chi connectivity index (χ1n) is 7.10. The lowest BCUT2D eigenvalue weighted by molar-refractivity contribution is -0.137. The van der Waals surface area contributed by atoms with E-state index in [1.54, 1.807) is 24.5 Å². The van der Waals surface area contributed by atoms with Crippen molar-refractivity contribution >= 4 is 11.9 Å². The summed E-state index contributed by atoms with van der Waals surface area (Å²) in [7, 11) is 0. The van der Waals surface area contributed by atoms with Gasteiger partial charge in [0.2, 0.25) is 0 Å². The van der Waals surface area contributed by atoms with Gasteiger partial charge in [-0.05, 0) is 25.0 Å². The Balaban J connectivity index is 1.95. The summed E-state index contributed by atoms with van der Waals surface area (Å²) in [5, 5.41) is 11.3. The Morgan fingerprint density at radius 3 is 2.45 bits per heavy atom. The summed E-state index contributed by atoms with van der Waals surface area (Å²) in [5.41, 5.74) is 0.584. The average Bonchev–Trinajstić information content (AvgIpc) is 2.46. The number of pyridine rings is 1. The van der Waals surface area contributed by atoms with Crippen molar-refractivity contribution in [1.29, 1.82) is 0 Å². The second kappa shape index (κ2) is 9.95. The van der Waals surface area contributed by atoms with Crippen molar-refractivity contribution in [3.05, 3.63) is 30.1 Å². The van der Waals surface area contributed by atoms with Crippen LogP contribution in [0.3, 0.4) is 0 Å². The van der Waals surface area contributed by atoms with E-state index in [1.165, 1.54) is 0 Å². The fourth-order valence-corrected chi connectivity index (χ4v) is 1.91. The van der Waals surface area contributed by atoms with Gasteiger partial charge in [-0.2, -0.15) is 0 Å². The van der Waals surface area contributed by atoms with Crippen molar-refractivity contribution in [2.24, 2.45) is 0 Å². The molecule has 0 atom stereocenters. The van der Waals surface area contributed by atoms with Crippen LogP contribution in [0.4, 0.5) is 0 Å². The van der Waals surface area contributed by atoms with Gasteiger partial charge in [-0.3, -0.25) is 14.6 Å². The highest BCUT2D eigenvalue weighted by Gasteiger charge is 2.03. The van der Waals surface area contributed by atoms with Gasteiger partial charge in [-0.1, -0.05) is 25.7 Å². The molecule has 0 spiro atoms. The first-order valence-corrected chi connectivity index (χ1v) is 7.10. The third-order valence-electron chi connectivity index (χ3n) is 3.03. The van der Waals surface area contributed by atoms with Gasteiger partial charge < -0.3 is 10.4 Å². The summed E-state index contributed by atoms with van der Waals surface area (Å²) in [4.78, 5) is 25.9. The summed E-state index contributed by atoms with van der Waals surface area (Å²) in [6.45, 7) is 0.669. The fraction of sp³-hybridized carbons (Fsp3) is 0.533. The highest BCUT2D eigenvalue weighted by atomic mass is 16.4. The Kier molecular flexibility index (Phi) is 8.03. The average molecular weight is 278 g/mol. The number of aliphatic carboxylic acids is 1. The second-order valence-electron chi connectivity index (χ2n) is 4.76. The normalized spacial score (nSPS) is 10.2. The smallest absolute Gasteiger partial charge is 0.303 e. The van der Waals surface area contributed by atoms with Crippen LogP contribution in [0.15, 0.2) is 24.5 Å². The van der Waals surface area contributed by atoms with E-state index in [9.17, 15) is 9.59 Å². The third-order valence-corrected chi connectivity index (χ3v) is 3.03. The molecule has 1 rings (SSSR count). The minimum Gasteiger partial charge on any atom is -0.481 e. The summed E-state index contributed by atoms with van der Waals surface area (Å²) in [6.07, 6.45) is 9.33. The largest absolute Gasteiger partial charge is 0.481 e. The summed E-state index contributed by atoms with van der Waals surface area (Å²) in [5.74, 6) is -0.803. The first-order chi connectivity index (χ1) is 9.70. The molecule has 5 heteroatoms. The van der Waals surface area contributed by atoms with Gasteiger partial charge in [0.1, 0.15) is 0 Å². The molecule has 0 unspecified atom stereocenters. The molecular formula is C15H22N2O3. The van der Waals surface area contributed by atoms with Gasteiger partial charge in [0.05, 0.1) is 5.56 Å². The van der Waals surface area contributed by atoms with Crippen LogP contribution in [0, 0.1) is 0 Å². The van der Waals surface area contributed by atoms with Crippen LogP contribution in [-0.4, -0.2) is 28.5 Å². The Bertz CT molecular complexity index is 407. The molecule has 0 saturated carbocycles. The summed E-state index contributed by atoms with van der Waals surface area (Å²) in [6, 6.07) is 3.48. The number of aromatic nitrogens is 1. The monoisotopic (exact) mass is 278 g/mol. The predicted octanol–water partition coefficient (Wildman–Crippen LogP) is 2.63. The number of carbonyl (C=O) groups excluding carboxylic acids is 1. The van der Waals surface area contributed by atoms with E-state index in [1.807, 2.05) is 0 Å². The zero-order valence-corrected chi connectivity index (χ0v) is 11.7. The molecule has 0 aliphatic carbocycles. The number of carbonyl (C=O) groups is 2. The molecule has 0 fully saturated rings. The van der Waals surface area contributed by atoms with Crippen molar-refractivity contribution in [2.75, 3.05) is 6.54 Å². The molecule has 2 N–H and O–H groups in total. The highest BCUT2D eigenvalue weighted by Crippen LogP contribution is 2.06. The molecule has 0 aliphatic heterocycles. The third kappa shape index (κ3) is 7.51. The van der Waals surface area contributed by atoms with Crippen molar-refractivity contribution in [2.45, 2.75) is 44.9 Å². The van der Waals surface area contributed by atoms with Crippen LogP contribution in [-0.2, 0) is 4.79 Å². The van der Waals surface area contributed by atoms with Gasteiger partial charge in [-0.25, -0.2) is 0 Å². The van der Waals surface area contributed by atoms with E-state index in [0.29, 0.717) is 12.1 Å². The predicted molar refractivity (Wildman–Crippen MR) is 76.5 cm³/mol. The summed E-state index contributed by atoms with van der Waals surface area (Å²) >= 11 is 0. The van der Waals surface area contributed by atoms with E-state index < -0.39 is 5.97 Å². The number of unbranched alkanes of at least 4 members (excludes halogenated alkanes) is 5. The van der Waals surface area contributed by atoms with E-state index in [2.05, 4.69) is 10.3 Å². The van der Waals surface area contributed by atoms with Crippen LogP contribution >= 0.6 is 0 Å². The van der Waals surface area contributed by atoms with Gasteiger partial charge in [-0.15, -0.1) is 0 Å². The number of amides is 1. The molecule has 20 heavy (non-hydrogen) atoms. The molecule has 110 valence electrons. The zero-order chi connectivity index (χ0) is 14.6. The van der Waals surface area contributed by atoms with Crippen molar-refractivity contribution < 1.29 is 14.7 Å². The fourth-order valence-electron chi connectivity index (χ4n) is 1.91. The topological polar surface area (TPSA) is 79.3 Å². The molecular weight excluding hydrogens is 256 g/mol. The lowest BCUT2D eigenvalue weighted by Crippen LogP contribution is -2.24. The van der Waals surface area contributed by atoms with E-state index in [4.69, 9.17) is 5.11 Å². The molecule has 1 aromatic rings. The Morgan fingerprint density at radius 1 is 1.10 bits per heavy atom. The number of nitrogens with one attached hydrogen (secondary N) is 1. The van der Waals surface area contributed by atoms with E-state index in [-0.39, 0.29) is 12.3 Å². The van der Waals surface area contributed by atoms with Crippen LogP contribution in [0.5, 0.6) is 0 Å². The standard InChI is InChI=1S/C15H22N2O3/c18-14(19)9-5-3-1-2-4-6-11-17-15(20)13-8-7-10-16-12-13/h7-8,10,12H,1-6,9,11H2,(H,17,20)(H,18,19). The van der Waals surface area contributed by atoms with Crippen LogP contribution in [0.2, 0.25) is 0 Å². The maximum Gasteiger partial charge on any atom is 0.303 e. The number of nitrogens with zero attached hydrogens (tertiary/aromatic N) is 1. The number of hydrogen-bond acceptors (Lipinski definition) is 3. The lowest BCUT2D eigenvalue weighted by atomic mass is 10.1. The summed E-state index contributed by atoms with van der Waals surface area (Å²) < 4.78 is 0. The Morgan fingerprint density at radius 2 is 1.80 bits per heavy atom. The molecule has 0 saturated heterocycles. The minimum atomic E-state index is -0.719. The van der Waals surface area contributed by atoms with E-state index in [0.717, 1.165) is 38.5 Å². The van der Waals surface area contributed by atoms with Crippen LogP contribution < -0.4 is 5.32 Å². The number of rotatable bonds is 10. The van der Waals surface area contributed by atoms with Gasteiger partial charge in [0, 0.05) is 25.4 Å². The molecule has 1 amide bonds. The quantitative estimate of drug-likeness (QED) is 0.645. The van der Waals surface area contributed by atoms with Gasteiger partial charge in [0.15, 0.2) is 0 Å². The number of hydrogen-bond donors (Lipinski definition) is 2. The molecule has 0 radical (unpaired) electrons. The van der Waals surface area contributed by atoms with Crippen LogP contribution in [0.1, 0.15) is 55.3 Å². The van der Waals surface area contributed by atoms with Crippen molar-refractivity contribution in [1.82, 2.24) is 10.3 Å². The van der Waals surface area contributed by atoms with Crippen molar-refractivity contribution in [3.8, 4) is 0 Å². The Hall–Kier alpha value is -1.91.